The Bertz CT molecular complexity index is 441. The van der Waals surface area contributed by atoms with Gasteiger partial charge in [-0.05, 0) is 25.3 Å². The number of imidazole rings is 1. The summed E-state index contributed by atoms with van der Waals surface area (Å²) >= 11 is 0. The molecule has 0 saturated carbocycles. The second-order valence-electron chi connectivity index (χ2n) is 4.87. The van der Waals surface area contributed by atoms with E-state index in [0.717, 1.165) is 38.3 Å². The zero-order valence-corrected chi connectivity index (χ0v) is 10.9. The first-order valence-electron chi connectivity index (χ1n) is 5.91. The summed E-state index contributed by atoms with van der Waals surface area (Å²) in [5.41, 5.74) is 0. The van der Waals surface area contributed by atoms with Gasteiger partial charge in [0.05, 0.1) is 12.3 Å². The molecule has 2 heterocycles. The van der Waals surface area contributed by atoms with Crippen molar-refractivity contribution in [1.29, 1.82) is 0 Å². The minimum atomic E-state index is -2.86. The van der Waals surface area contributed by atoms with E-state index in [9.17, 15) is 8.42 Å². The summed E-state index contributed by atoms with van der Waals surface area (Å²) in [6, 6.07) is 0. The van der Waals surface area contributed by atoms with E-state index in [1.807, 2.05) is 6.20 Å². The lowest BCUT2D eigenvalue weighted by molar-refractivity contribution is 0.174. The molecular weight excluding hydrogens is 238 g/mol. The minimum absolute atomic E-state index is 0.272. The summed E-state index contributed by atoms with van der Waals surface area (Å²) in [6.45, 7) is 2.67. The number of aromatic amines is 1. The molecule has 0 radical (unpaired) electrons. The number of nitrogens with zero attached hydrogens (tertiary/aromatic N) is 2. The van der Waals surface area contributed by atoms with Gasteiger partial charge in [-0.3, -0.25) is 4.90 Å². The Balaban J connectivity index is 1.89. The molecule has 0 spiro atoms. The van der Waals surface area contributed by atoms with Crippen LogP contribution in [0.2, 0.25) is 0 Å². The molecule has 96 valence electrons. The Hall–Kier alpha value is -0.880. The number of H-pyrrole nitrogens is 1. The smallest absolute Gasteiger partial charge is 0.147 e. The van der Waals surface area contributed by atoms with E-state index in [4.69, 9.17) is 0 Å². The molecule has 17 heavy (non-hydrogen) atoms. The van der Waals surface area contributed by atoms with Crippen LogP contribution in [0.3, 0.4) is 0 Å². The standard InChI is InChI=1S/C11H19N3O2S/c1-17(15,16)9-10-3-2-6-14(7-10)8-11-12-4-5-13-11/h4-5,10H,2-3,6-9H2,1H3,(H,12,13). The lowest BCUT2D eigenvalue weighted by Gasteiger charge is -2.31. The molecule has 1 aliphatic heterocycles. The highest BCUT2D eigenvalue weighted by atomic mass is 32.2. The molecule has 1 aromatic rings. The van der Waals surface area contributed by atoms with Crippen molar-refractivity contribution in [2.24, 2.45) is 5.92 Å². The van der Waals surface area contributed by atoms with E-state index in [1.165, 1.54) is 6.26 Å². The van der Waals surface area contributed by atoms with Crippen LogP contribution in [0.5, 0.6) is 0 Å². The molecule has 5 nitrogen and oxygen atoms in total. The number of aromatic nitrogens is 2. The molecule has 1 N–H and O–H groups in total. The van der Waals surface area contributed by atoms with Crippen molar-refractivity contribution in [2.75, 3.05) is 25.1 Å². The topological polar surface area (TPSA) is 66.1 Å². The molecule has 0 bridgehead atoms. The number of rotatable bonds is 4. The van der Waals surface area contributed by atoms with Gasteiger partial charge >= 0.3 is 0 Å². The molecule has 0 aliphatic carbocycles. The Kier molecular flexibility index (Phi) is 3.83. The summed E-state index contributed by atoms with van der Waals surface area (Å²) in [4.78, 5) is 9.55. The predicted molar refractivity (Wildman–Crippen MR) is 66.3 cm³/mol. The average molecular weight is 257 g/mol. The molecule has 0 aromatic carbocycles. The molecule has 1 aromatic heterocycles. The van der Waals surface area contributed by atoms with Crippen molar-refractivity contribution in [3.63, 3.8) is 0 Å². The maximum atomic E-state index is 11.3. The Morgan fingerprint density at radius 2 is 2.41 bits per heavy atom. The third-order valence-corrected chi connectivity index (χ3v) is 4.15. The van der Waals surface area contributed by atoms with E-state index in [1.54, 1.807) is 6.20 Å². The second-order valence-corrected chi connectivity index (χ2v) is 7.06. The summed E-state index contributed by atoms with van der Waals surface area (Å²) in [7, 11) is -2.86. The van der Waals surface area contributed by atoms with Gasteiger partial charge in [0, 0.05) is 25.2 Å². The normalized spacial score (nSPS) is 22.8. The number of nitrogens with one attached hydrogen (secondary N) is 1. The van der Waals surface area contributed by atoms with Gasteiger partial charge in [-0.2, -0.15) is 0 Å². The number of hydrogen-bond donors (Lipinski definition) is 1. The fourth-order valence-corrected chi connectivity index (χ4v) is 3.58. The first-order valence-corrected chi connectivity index (χ1v) is 7.97. The highest BCUT2D eigenvalue weighted by Crippen LogP contribution is 2.19. The van der Waals surface area contributed by atoms with Gasteiger partial charge in [-0.15, -0.1) is 0 Å². The molecule has 1 aliphatic rings. The minimum Gasteiger partial charge on any atom is -0.348 e. The maximum absolute atomic E-state index is 11.3. The monoisotopic (exact) mass is 257 g/mol. The van der Waals surface area contributed by atoms with Crippen molar-refractivity contribution < 1.29 is 8.42 Å². The Labute approximate surface area is 102 Å². The molecular formula is C11H19N3O2S. The summed E-state index contributed by atoms with van der Waals surface area (Å²) in [5.74, 6) is 1.53. The molecule has 2 rings (SSSR count). The quantitative estimate of drug-likeness (QED) is 0.861. The van der Waals surface area contributed by atoms with Gasteiger partial charge in [0.15, 0.2) is 0 Å². The fraction of sp³-hybridized carbons (Fsp3) is 0.727. The number of piperidine rings is 1. The van der Waals surface area contributed by atoms with E-state index >= 15 is 0 Å². The van der Waals surface area contributed by atoms with E-state index in [0.29, 0.717) is 5.75 Å². The van der Waals surface area contributed by atoms with E-state index in [-0.39, 0.29) is 5.92 Å². The van der Waals surface area contributed by atoms with Crippen molar-refractivity contribution in [3.05, 3.63) is 18.2 Å². The van der Waals surface area contributed by atoms with Crippen LogP contribution in [0, 0.1) is 5.92 Å². The average Bonchev–Trinajstić information content (AvgIpc) is 2.68. The van der Waals surface area contributed by atoms with Crippen molar-refractivity contribution in [3.8, 4) is 0 Å². The first kappa shape index (κ1) is 12.6. The lowest BCUT2D eigenvalue weighted by atomic mass is 10.0. The Morgan fingerprint density at radius 3 is 3.06 bits per heavy atom. The summed E-state index contributed by atoms with van der Waals surface area (Å²) in [5, 5.41) is 0. The number of hydrogen-bond acceptors (Lipinski definition) is 4. The van der Waals surface area contributed by atoms with E-state index in [2.05, 4.69) is 14.9 Å². The number of likely N-dealkylation sites (tertiary alicyclic amines) is 1. The Morgan fingerprint density at radius 1 is 1.59 bits per heavy atom. The van der Waals surface area contributed by atoms with Crippen LogP contribution < -0.4 is 0 Å². The van der Waals surface area contributed by atoms with Crippen molar-refractivity contribution >= 4 is 9.84 Å². The molecule has 1 fully saturated rings. The third kappa shape index (κ3) is 4.12. The van der Waals surface area contributed by atoms with Crippen LogP contribution in [-0.2, 0) is 16.4 Å². The van der Waals surface area contributed by atoms with E-state index < -0.39 is 9.84 Å². The molecule has 1 unspecified atom stereocenters. The van der Waals surface area contributed by atoms with Crippen molar-refractivity contribution in [2.45, 2.75) is 19.4 Å². The van der Waals surface area contributed by atoms with Gasteiger partial charge in [0.1, 0.15) is 15.7 Å². The van der Waals surface area contributed by atoms with Gasteiger partial charge in [0.25, 0.3) is 0 Å². The summed E-state index contributed by atoms with van der Waals surface area (Å²) < 4.78 is 22.6. The highest BCUT2D eigenvalue weighted by Gasteiger charge is 2.23. The van der Waals surface area contributed by atoms with Crippen LogP contribution in [-0.4, -0.2) is 48.4 Å². The lowest BCUT2D eigenvalue weighted by Crippen LogP contribution is -2.37. The number of sulfone groups is 1. The fourth-order valence-electron chi connectivity index (χ4n) is 2.46. The first-order chi connectivity index (χ1) is 8.03. The molecule has 0 amide bonds. The van der Waals surface area contributed by atoms with Crippen LogP contribution in [0.4, 0.5) is 0 Å². The molecule has 1 saturated heterocycles. The SMILES string of the molecule is CS(=O)(=O)CC1CCCN(Cc2ncc[nH]2)C1. The molecule has 1 atom stereocenters. The highest BCUT2D eigenvalue weighted by molar-refractivity contribution is 7.90. The maximum Gasteiger partial charge on any atom is 0.147 e. The second kappa shape index (κ2) is 5.18. The van der Waals surface area contributed by atoms with Crippen LogP contribution in [0.1, 0.15) is 18.7 Å². The van der Waals surface area contributed by atoms with Gasteiger partial charge < -0.3 is 4.98 Å². The predicted octanol–water partition coefficient (Wildman–Crippen LogP) is 0.666. The van der Waals surface area contributed by atoms with Crippen LogP contribution in [0.25, 0.3) is 0 Å². The van der Waals surface area contributed by atoms with Gasteiger partial charge in [-0.25, -0.2) is 13.4 Å². The zero-order valence-electron chi connectivity index (χ0n) is 10.1. The van der Waals surface area contributed by atoms with Crippen LogP contribution >= 0.6 is 0 Å². The van der Waals surface area contributed by atoms with Crippen molar-refractivity contribution in [1.82, 2.24) is 14.9 Å². The third-order valence-electron chi connectivity index (χ3n) is 3.07. The van der Waals surface area contributed by atoms with Crippen LogP contribution in [0.15, 0.2) is 12.4 Å². The molecule has 6 heteroatoms. The largest absolute Gasteiger partial charge is 0.348 e. The van der Waals surface area contributed by atoms with Gasteiger partial charge in [0.2, 0.25) is 0 Å². The summed E-state index contributed by atoms with van der Waals surface area (Å²) in [6.07, 6.45) is 6.96. The van der Waals surface area contributed by atoms with Gasteiger partial charge in [-0.1, -0.05) is 0 Å². The zero-order chi connectivity index (χ0) is 12.3.